The van der Waals surface area contributed by atoms with Gasteiger partial charge in [-0.25, -0.2) is 0 Å². The summed E-state index contributed by atoms with van der Waals surface area (Å²) in [5.74, 6) is 1.64. The smallest absolute Gasteiger partial charge is 0.168 e. The van der Waals surface area contributed by atoms with Gasteiger partial charge in [-0.15, -0.1) is 0 Å². The molecule has 10 nitrogen and oxygen atoms in total. The van der Waals surface area contributed by atoms with Gasteiger partial charge in [-0.2, -0.15) is 0 Å². The Morgan fingerprint density at radius 1 is 0.617 bits per heavy atom. The number of hydrogen-bond donors (Lipinski definition) is 0. The first-order valence-corrected chi connectivity index (χ1v) is 17.6. The van der Waals surface area contributed by atoms with Gasteiger partial charge in [0.2, 0.25) is 0 Å². The van der Waals surface area contributed by atoms with E-state index in [1.165, 1.54) is 0 Å². The Morgan fingerprint density at radius 2 is 1.09 bits per heavy atom. The third kappa shape index (κ3) is 8.91. The molecule has 47 heavy (non-hydrogen) atoms. The second-order valence-electron chi connectivity index (χ2n) is 13.9. The van der Waals surface area contributed by atoms with Gasteiger partial charge in [-0.05, 0) is 65.9 Å². The van der Waals surface area contributed by atoms with E-state index in [2.05, 4.69) is 41.8 Å². The Bertz CT molecular complexity index is 1410. The Labute approximate surface area is 286 Å². The normalized spacial score (nSPS) is 28.5. The van der Waals surface area contributed by atoms with E-state index in [1.54, 1.807) is 0 Å². The molecule has 6 saturated heterocycles. The largest absolute Gasteiger partial charge is 0.491 e. The topological polar surface area (TPSA) is 100 Å². The van der Waals surface area contributed by atoms with Crippen molar-refractivity contribution in [3.63, 3.8) is 0 Å². The fourth-order valence-electron chi connectivity index (χ4n) is 6.41. The van der Waals surface area contributed by atoms with E-state index in [9.17, 15) is 0 Å². The van der Waals surface area contributed by atoms with Crippen LogP contribution < -0.4 is 9.47 Å². The van der Waals surface area contributed by atoms with Crippen molar-refractivity contribution in [2.45, 2.75) is 67.9 Å². The summed E-state index contributed by atoms with van der Waals surface area (Å²) in [5.41, 5.74) is 5.68. The quantitative estimate of drug-likeness (QED) is 0.151. The predicted molar refractivity (Wildman–Crippen MR) is 175 cm³/mol. The van der Waals surface area contributed by atoms with Crippen LogP contribution in [0.1, 0.15) is 33.4 Å². The number of hydrogen-bond acceptors (Lipinski definition) is 10. The minimum absolute atomic E-state index is 0.139. The molecule has 6 atom stereocenters. The summed E-state index contributed by atoms with van der Waals surface area (Å²) in [6, 6.07) is 8.31. The SMILES string of the molecule is Cc1cc(C(Cl)(Cl)c2c(C)cc(OCC3CO3)cc2CN(CC2CO2)CC2CO2)cc(CN(CC2CO2)CC2CO2)c1OCC1CO1. The Morgan fingerprint density at radius 3 is 1.57 bits per heavy atom. The van der Waals surface area contributed by atoms with E-state index in [4.69, 9.17) is 61.1 Å². The summed E-state index contributed by atoms with van der Waals surface area (Å²) in [4.78, 5) is 4.78. The zero-order valence-corrected chi connectivity index (χ0v) is 28.6. The van der Waals surface area contributed by atoms with E-state index in [0.29, 0.717) is 26.3 Å². The molecule has 8 rings (SSSR count). The van der Waals surface area contributed by atoms with Gasteiger partial charge >= 0.3 is 0 Å². The molecule has 0 saturated carbocycles. The van der Waals surface area contributed by atoms with Crippen molar-refractivity contribution in [2.24, 2.45) is 0 Å². The highest BCUT2D eigenvalue weighted by molar-refractivity contribution is 6.50. The van der Waals surface area contributed by atoms with Gasteiger partial charge in [0.25, 0.3) is 0 Å². The molecular weight excluding hydrogens is 647 g/mol. The van der Waals surface area contributed by atoms with Crippen LogP contribution in [0.4, 0.5) is 0 Å². The van der Waals surface area contributed by atoms with Crippen molar-refractivity contribution in [2.75, 3.05) is 79.0 Å². The lowest BCUT2D eigenvalue weighted by Crippen LogP contribution is -2.33. The lowest BCUT2D eigenvalue weighted by molar-refractivity contribution is 0.207. The van der Waals surface area contributed by atoms with E-state index in [-0.39, 0.29) is 36.6 Å². The first-order valence-electron chi connectivity index (χ1n) is 16.8. The van der Waals surface area contributed by atoms with Crippen LogP contribution in [-0.4, -0.2) is 125 Å². The standard InChI is InChI=1S/C35H44Cl2N2O8/c1-21-4-26(40-17-31-18-45-31)6-23(7-38(9-27-13-41-27)10-28-14-42-28)33(21)35(36,37)25-3-22(2)34(47-20-32-19-46-32)24(5-25)8-39(11-29-15-43-29)12-30-16-44-30/h3-6,27-32H,7-20H2,1-2H3. The van der Waals surface area contributed by atoms with E-state index in [1.807, 2.05) is 6.07 Å². The van der Waals surface area contributed by atoms with E-state index >= 15 is 0 Å². The summed E-state index contributed by atoms with van der Waals surface area (Å²) in [6.45, 7) is 14.4. The van der Waals surface area contributed by atoms with Crippen LogP contribution in [0.25, 0.3) is 0 Å². The molecule has 2 aromatic rings. The fourth-order valence-corrected chi connectivity index (χ4v) is 7.17. The maximum atomic E-state index is 7.59. The molecule has 6 unspecified atom stereocenters. The van der Waals surface area contributed by atoms with Gasteiger partial charge in [0.1, 0.15) is 36.9 Å². The predicted octanol–water partition coefficient (Wildman–Crippen LogP) is 3.74. The van der Waals surface area contributed by atoms with Crippen LogP contribution >= 0.6 is 23.2 Å². The van der Waals surface area contributed by atoms with Crippen LogP contribution in [0.2, 0.25) is 0 Å². The zero-order chi connectivity index (χ0) is 32.1. The van der Waals surface area contributed by atoms with Crippen LogP contribution in [-0.2, 0) is 45.8 Å². The summed E-state index contributed by atoms with van der Waals surface area (Å²) in [6.07, 6.45) is 1.28. The number of nitrogens with zero attached hydrogens (tertiary/aromatic N) is 2. The average molecular weight is 692 g/mol. The zero-order valence-electron chi connectivity index (χ0n) is 27.1. The molecule has 0 aromatic heterocycles. The molecule has 256 valence electrons. The van der Waals surface area contributed by atoms with E-state index < -0.39 is 4.33 Å². The highest BCUT2D eigenvalue weighted by Crippen LogP contribution is 2.47. The van der Waals surface area contributed by atoms with Crippen LogP contribution in [0.15, 0.2) is 24.3 Å². The van der Waals surface area contributed by atoms with Gasteiger partial charge in [0.05, 0.1) is 64.1 Å². The molecule has 12 heteroatoms. The molecule has 0 bridgehead atoms. The molecule has 6 aliphatic heterocycles. The first kappa shape index (κ1) is 32.5. The molecule has 0 N–H and O–H groups in total. The molecule has 0 aliphatic carbocycles. The maximum absolute atomic E-state index is 7.59. The Balaban J connectivity index is 1.13. The number of alkyl halides is 2. The Hall–Kier alpha value is -1.70. The molecule has 0 spiro atoms. The van der Waals surface area contributed by atoms with Crippen LogP contribution in [0.5, 0.6) is 11.5 Å². The molecule has 0 amide bonds. The lowest BCUT2D eigenvalue weighted by Gasteiger charge is -2.31. The molecule has 6 heterocycles. The first-order chi connectivity index (χ1) is 22.8. The summed E-state index contributed by atoms with van der Waals surface area (Å²) in [5, 5.41) is 0. The van der Waals surface area contributed by atoms with Gasteiger partial charge in [-0.1, -0.05) is 23.2 Å². The van der Waals surface area contributed by atoms with Crippen LogP contribution in [0.3, 0.4) is 0 Å². The molecule has 0 radical (unpaired) electrons. The van der Waals surface area contributed by atoms with Crippen LogP contribution in [0, 0.1) is 13.8 Å². The van der Waals surface area contributed by atoms with Gasteiger partial charge in [0.15, 0.2) is 4.33 Å². The van der Waals surface area contributed by atoms with Crippen molar-refractivity contribution in [1.29, 1.82) is 0 Å². The van der Waals surface area contributed by atoms with Gasteiger partial charge < -0.3 is 37.9 Å². The number of halogens is 2. The summed E-state index contributed by atoms with van der Waals surface area (Å²) in [7, 11) is 0. The molecule has 2 aromatic carbocycles. The third-order valence-electron chi connectivity index (χ3n) is 9.32. The number of benzene rings is 2. The number of aryl methyl sites for hydroxylation is 2. The monoisotopic (exact) mass is 690 g/mol. The Kier molecular flexibility index (Phi) is 9.37. The molecule has 6 fully saturated rings. The van der Waals surface area contributed by atoms with Crippen molar-refractivity contribution in [3.8, 4) is 11.5 Å². The second-order valence-corrected chi connectivity index (χ2v) is 15.2. The summed E-state index contributed by atoms with van der Waals surface area (Å²) >= 11 is 15.2. The maximum Gasteiger partial charge on any atom is 0.168 e. The van der Waals surface area contributed by atoms with Crippen molar-refractivity contribution >= 4 is 23.2 Å². The number of ether oxygens (including phenoxy) is 8. The highest BCUT2D eigenvalue weighted by atomic mass is 35.5. The van der Waals surface area contributed by atoms with Gasteiger partial charge in [-0.3, -0.25) is 9.80 Å². The number of epoxide rings is 6. The van der Waals surface area contributed by atoms with E-state index in [0.717, 1.165) is 111 Å². The second kappa shape index (κ2) is 13.5. The lowest BCUT2D eigenvalue weighted by atomic mass is 9.91. The van der Waals surface area contributed by atoms with Crippen molar-refractivity contribution < 1.29 is 37.9 Å². The number of rotatable bonds is 20. The minimum Gasteiger partial charge on any atom is -0.491 e. The summed E-state index contributed by atoms with van der Waals surface area (Å²) < 4.78 is 44.5. The van der Waals surface area contributed by atoms with Crippen molar-refractivity contribution in [1.82, 2.24) is 9.80 Å². The fraction of sp³-hybridized carbons (Fsp3) is 0.657. The minimum atomic E-state index is -1.35. The third-order valence-corrected chi connectivity index (χ3v) is 10.1. The molecule has 6 aliphatic rings. The van der Waals surface area contributed by atoms with Crippen molar-refractivity contribution in [3.05, 3.63) is 57.6 Å². The average Bonchev–Trinajstić information content (AvgIpc) is 3.81. The highest BCUT2D eigenvalue weighted by Gasteiger charge is 2.38. The molecular formula is C35H44Cl2N2O8. The van der Waals surface area contributed by atoms with Gasteiger partial charge in [0, 0.05) is 44.8 Å².